The third-order valence-corrected chi connectivity index (χ3v) is 3.78. The predicted molar refractivity (Wildman–Crippen MR) is 75.9 cm³/mol. The predicted octanol–water partition coefficient (Wildman–Crippen LogP) is 1.97. The van der Waals surface area contributed by atoms with Gasteiger partial charge in [0.1, 0.15) is 0 Å². The number of anilines is 1. The highest BCUT2D eigenvalue weighted by Crippen LogP contribution is 2.20. The average Bonchev–Trinajstić information content (AvgIpc) is 2.74. The van der Waals surface area contributed by atoms with E-state index in [0.717, 1.165) is 29.7 Å². The zero-order valence-electron chi connectivity index (χ0n) is 10.5. The number of amides is 1. The number of nitrogens with one attached hydrogen (secondary N) is 1. The smallest absolute Gasteiger partial charge is 0.225 e. The van der Waals surface area contributed by atoms with E-state index in [0.29, 0.717) is 6.54 Å². The summed E-state index contributed by atoms with van der Waals surface area (Å²) in [7, 11) is 0. The lowest BCUT2D eigenvalue weighted by molar-refractivity contribution is -0.116. The van der Waals surface area contributed by atoms with Crippen molar-refractivity contribution >= 4 is 34.1 Å². The van der Waals surface area contributed by atoms with Gasteiger partial charge in [-0.3, -0.25) is 9.69 Å². The van der Waals surface area contributed by atoms with E-state index in [2.05, 4.69) is 16.6 Å². The van der Waals surface area contributed by atoms with Gasteiger partial charge in [0.2, 0.25) is 5.91 Å². The summed E-state index contributed by atoms with van der Waals surface area (Å²) in [6, 6.07) is 0. The first-order chi connectivity index (χ1) is 8.19. The van der Waals surface area contributed by atoms with E-state index in [-0.39, 0.29) is 5.91 Å². The molecule has 4 nitrogen and oxygen atoms in total. The molecule has 6 heteroatoms. The maximum atomic E-state index is 11.4. The van der Waals surface area contributed by atoms with Crippen LogP contribution in [0.3, 0.4) is 0 Å². The van der Waals surface area contributed by atoms with Gasteiger partial charge in [-0.15, -0.1) is 11.3 Å². The molecule has 1 amide bonds. The van der Waals surface area contributed by atoms with E-state index in [1.807, 2.05) is 24.1 Å². The van der Waals surface area contributed by atoms with Crippen molar-refractivity contribution < 1.29 is 4.79 Å². The number of hydrogen-bond acceptors (Lipinski definition) is 5. The molecule has 1 rings (SSSR count). The van der Waals surface area contributed by atoms with Crippen LogP contribution >= 0.6 is 23.1 Å². The SMILES string of the molecule is CCN(C(C)=O)c1nc(CNCCSC)cs1. The minimum absolute atomic E-state index is 0.0451. The first-order valence-electron chi connectivity index (χ1n) is 5.61. The summed E-state index contributed by atoms with van der Waals surface area (Å²) in [5.74, 6) is 1.15. The number of carbonyl (C=O) groups excluding carboxylic acids is 1. The number of thioether (sulfide) groups is 1. The van der Waals surface area contributed by atoms with Crippen molar-refractivity contribution in [2.45, 2.75) is 20.4 Å². The Morgan fingerprint density at radius 1 is 1.65 bits per heavy atom. The van der Waals surface area contributed by atoms with Crippen LogP contribution in [0, 0.1) is 0 Å². The molecule has 0 aliphatic heterocycles. The van der Waals surface area contributed by atoms with Crippen LogP contribution in [0.1, 0.15) is 19.5 Å². The van der Waals surface area contributed by atoms with Gasteiger partial charge in [-0.05, 0) is 13.2 Å². The molecule has 0 saturated heterocycles. The van der Waals surface area contributed by atoms with Gasteiger partial charge in [0.15, 0.2) is 5.13 Å². The van der Waals surface area contributed by atoms with Crippen LogP contribution in [-0.2, 0) is 11.3 Å². The lowest BCUT2D eigenvalue weighted by Gasteiger charge is -2.14. The Balaban J connectivity index is 2.49. The molecule has 1 aromatic heterocycles. The van der Waals surface area contributed by atoms with Gasteiger partial charge in [-0.25, -0.2) is 4.98 Å². The molecule has 0 unspecified atom stereocenters. The van der Waals surface area contributed by atoms with Crippen molar-refractivity contribution in [3.8, 4) is 0 Å². The molecule has 1 heterocycles. The molecule has 0 aliphatic rings. The molecule has 96 valence electrons. The Morgan fingerprint density at radius 3 is 3.00 bits per heavy atom. The summed E-state index contributed by atoms with van der Waals surface area (Å²) in [6.45, 7) is 5.95. The van der Waals surface area contributed by atoms with Crippen molar-refractivity contribution in [3.05, 3.63) is 11.1 Å². The largest absolute Gasteiger partial charge is 0.310 e. The van der Waals surface area contributed by atoms with E-state index < -0.39 is 0 Å². The van der Waals surface area contributed by atoms with Crippen LogP contribution in [0.4, 0.5) is 5.13 Å². The number of thiazole rings is 1. The van der Waals surface area contributed by atoms with Crippen LogP contribution in [0.2, 0.25) is 0 Å². The van der Waals surface area contributed by atoms with E-state index in [1.165, 1.54) is 11.3 Å². The van der Waals surface area contributed by atoms with Gasteiger partial charge < -0.3 is 5.32 Å². The molecule has 0 radical (unpaired) electrons. The summed E-state index contributed by atoms with van der Waals surface area (Å²) in [5.41, 5.74) is 1.01. The van der Waals surface area contributed by atoms with Gasteiger partial charge >= 0.3 is 0 Å². The van der Waals surface area contributed by atoms with Crippen molar-refractivity contribution in [1.29, 1.82) is 0 Å². The molecule has 0 fully saturated rings. The standard InChI is InChI=1S/C11H19N3OS2/c1-4-14(9(2)15)11-13-10(8-17-11)7-12-5-6-16-3/h8,12H,4-7H2,1-3H3. The lowest BCUT2D eigenvalue weighted by Crippen LogP contribution is -2.27. The summed E-state index contributed by atoms with van der Waals surface area (Å²) >= 11 is 3.34. The third kappa shape index (κ3) is 4.65. The molecule has 1 N–H and O–H groups in total. The van der Waals surface area contributed by atoms with Crippen molar-refractivity contribution in [2.24, 2.45) is 0 Å². The molecule has 0 bridgehead atoms. The minimum atomic E-state index is 0.0451. The molecule has 0 aliphatic carbocycles. The van der Waals surface area contributed by atoms with Crippen LogP contribution in [0.25, 0.3) is 0 Å². The van der Waals surface area contributed by atoms with Crippen LogP contribution in [-0.4, -0.2) is 36.0 Å². The van der Waals surface area contributed by atoms with Gasteiger partial charge in [-0.1, -0.05) is 0 Å². The highest BCUT2D eigenvalue weighted by Gasteiger charge is 2.12. The second kappa shape index (κ2) is 7.68. The summed E-state index contributed by atoms with van der Waals surface area (Å²) in [5, 5.41) is 6.12. The lowest BCUT2D eigenvalue weighted by atomic mass is 10.5. The zero-order valence-corrected chi connectivity index (χ0v) is 12.2. The second-order valence-corrected chi connectivity index (χ2v) is 5.38. The Hall–Kier alpha value is -0.590. The number of carbonyl (C=O) groups is 1. The van der Waals surface area contributed by atoms with Gasteiger partial charge in [0, 0.05) is 37.7 Å². The number of aromatic nitrogens is 1. The molecular formula is C11H19N3OS2. The molecule has 0 aromatic carbocycles. The highest BCUT2D eigenvalue weighted by molar-refractivity contribution is 7.98. The van der Waals surface area contributed by atoms with Crippen LogP contribution in [0.5, 0.6) is 0 Å². The minimum Gasteiger partial charge on any atom is -0.310 e. The first kappa shape index (κ1) is 14.5. The zero-order chi connectivity index (χ0) is 12.7. The third-order valence-electron chi connectivity index (χ3n) is 2.26. The maximum Gasteiger partial charge on any atom is 0.225 e. The Kier molecular flexibility index (Phi) is 6.54. The van der Waals surface area contributed by atoms with Gasteiger partial charge in [0.05, 0.1) is 5.69 Å². The summed E-state index contributed by atoms with van der Waals surface area (Å²) in [4.78, 5) is 17.5. The summed E-state index contributed by atoms with van der Waals surface area (Å²) in [6.07, 6.45) is 2.09. The van der Waals surface area contributed by atoms with E-state index in [9.17, 15) is 4.79 Å². The quantitative estimate of drug-likeness (QED) is 0.772. The summed E-state index contributed by atoms with van der Waals surface area (Å²) < 4.78 is 0. The molecule has 17 heavy (non-hydrogen) atoms. The van der Waals surface area contributed by atoms with Crippen molar-refractivity contribution in [3.63, 3.8) is 0 Å². The van der Waals surface area contributed by atoms with E-state index in [4.69, 9.17) is 0 Å². The van der Waals surface area contributed by atoms with Gasteiger partial charge in [0.25, 0.3) is 0 Å². The molecule has 0 saturated carbocycles. The molecule has 1 aromatic rings. The number of nitrogens with zero attached hydrogens (tertiary/aromatic N) is 2. The Labute approximate surface area is 111 Å². The molecule has 0 spiro atoms. The first-order valence-corrected chi connectivity index (χ1v) is 7.88. The molecular weight excluding hydrogens is 254 g/mol. The normalized spacial score (nSPS) is 10.5. The maximum absolute atomic E-state index is 11.4. The molecule has 0 atom stereocenters. The van der Waals surface area contributed by atoms with Crippen LogP contribution in [0.15, 0.2) is 5.38 Å². The second-order valence-electron chi connectivity index (χ2n) is 3.55. The van der Waals surface area contributed by atoms with Crippen molar-refractivity contribution in [2.75, 3.05) is 30.0 Å². The van der Waals surface area contributed by atoms with Crippen LogP contribution < -0.4 is 10.2 Å². The van der Waals surface area contributed by atoms with E-state index in [1.54, 1.807) is 11.8 Å². The van der Waals surface area contributed by atoms with Gasteiger partial charge in [-0.2, -0.15) is 11.8 Å². The fraction of sp³-hybridized carbons (Fsp3) is 0.636. The average molecular weight is 273 g/mol. The fourth-order valence-corrected chi connectivity index (χ4v) is 2.67. The Bertz CT molecular complexity index is 354. The highest BCUT2D eigenvalue weighted by atomic mass is 32.2. The topological polar surface area (TPSA) is 45.2 Å². The van der Waals surface area contributed by atoms with Crippen molar-refractivity contribution in [1.82, 2.24) is 10.3 Å². The monoisotopic (exact) mass is 273 g/mol. The Morgan fingerprint density at radius 2 is 2.41 bits per heavy atom. The number of hydrogen-bond donors (Lipinski definition) is 1. The fourth-order valence-electron chi connectivity index (χ4n) is 1.38. The van der Waals surface area contributed by atoms with E-state index >= 15 is 0 Å². The number of rotatable bonds is 7.